The van der Waals surface area contributed by atoms with Crippen LogP contribution in [0.1, 0.15) is 63.3 Å². The van der Waals surface area contributed by atoms with Gasteiger partial charge >= 0.3 is 12.2 Å². The Bertz CT molecular complexity index is 2010. The SMILES string of the molecule is COC(=O)N[C@H](C(=O)N1CC=C[C@H]1c1nc(-c2ccc(-c3ccc(-c4c[nH]c([C@@H]5CCCN5C(=O)C5(NC(=O)OC)CC5)n4)cc3)cc2)c[nH]1)C(C)C. The molecule has 3 aliphatic rings. The predicted octanol–water partition coefficient (Wildman–Crippen LogP) is 5.51. The summed E-state index contributed by atoms with van der Waals surface area (Å²) in [5, 5.41) is 5.40. The van der Waals surface area contributed by atoms with Crippen molar-refractivity contribution in [2.45, 2.75) is 63.2 Å². The first-order valence-electron chi connectivity index (χ1n) is 17.9. The minimum absolute atomic E-state index is 0.0813. The molecule has 7 rings (SSSR count). The van der Waals surface area contributed by atoms with Crippen molar-refractivity contribution in [2.24, 2.45) is 5.92 Å². The van der Waals surface area contributed by atoms with Gasteiger partial charge < -0.3 is 39.9 Å². The van der Waals surface area contributed by atoms with E-state index in [2.05, 4.69) is 44.9 Å². The van der Waals surface area contributed by atoms with E-state index >= 15 is 0 Å². The highest BCUT2D eigenvalue weighted by molar-refractivity contribution is 5.93. The van der Waals surface area contributed by atoms with Gasteiger partial charge in [-0.05, 0) is 42.7 Å². The van der Waals surface area contributed by atoms with Crippen LogP contribution in [0.2, 0.25) is 0 Å². The van der Waals surface area contributed by atoms with Crippen molar-refractivity contribution in [1.29, 1.82) is 0 Å². The Morgan fingerprint density at radius 3 is 1.94 bits per heavy atom. The van der Waals surface area contributed by atoms with Crippen LogP contribution in [-0.2, 0) is 19.1 Å². The number of likely N-dealkylation sites (tertiary alicyclic amines) is 1. The summed E-state index contributed by atoms with van der Waals surface area (Å²) < 4.78 is 9.48. The number of aromatic nitrogens is 4. The van der Waals surface area contributed by atoms with E-state index in [0.29, 0.717) is 31.8 Å². The molecule has 0 spiro atoms. The summed E-state index contributed by atoms with van der Waals surface area (Å²) in [7, 11) is 2.58. The second kappa shape index (κ2) is 14.6. The van der Waals surface area contributed by atoms with Crippen LogP contribution in [0.4, 0.5) is 9.59 Å². The lowest BCUT2D eigenvalue weighted by Gasteiger charge is -2.29. The molecule has 2 fully saturated rings. The number of aromatic amines is 2. The Morgan fingerprint density at radius 2 is 1.38 bits per heavy atom. The topological polar surface area (TPSA) is 175 Å². The van der Waals surface area contributed by atoms with Gasteiger partial charge in [-0.3, -0.25) is 9.59 Å². The van der Waals surface area contributed by atoms with Crippen LogP contribution in [0, 0.1) is 5.92 Å². The summed E-state index contributed by atoms with van der Waals surface area (Å²) in [4.78, 5) is 70.5. The average Bonchev–Trinajstić information content (AvgIpc) is 3.75. The minimum atomic E-state index is -0.874. The second-order valence-electron chi connectivity index (χ2n) is 14.1. The Balaban J connectivity index is 0.999. The Labute approximate surface area is 307 Å². The van der Waals surface area contributed by atoms with E-state index in [1.54, 1.807) is 4.90 Å². The average molecular weight is 721 g/mol. The van der Waals surface area contributed by atoms with Gasteiger partial charge in [0.1, 0.15) is 29.3 Å². The van der Waals surface area contributed by atoms with E-state index in [-0.39, 0.29) is 29.8 Å². The van der Waals surface area contributed by atoms with E-state index in [0.717, 1.165) is 52.3 Å². The summed E-state index contributed by atoms with van der Waals surface area (Å²) in [5.41, 5.74) is 4.64. The number of hydrogen-bond acceptors (Lipinski definition) is 8. The zero-order valence-corrected chi connectivity index (χ0v) is 30.2. The highest BCUT2D eigenvalue weighted by Gasteiger charge is 2.55. The molecule has 4 heterocycles. The normalized spacial score (nSPS) is 19.3. The zero-order chi connectivity index (χ0) is 37.3. The van der Waals surface area contributed by atoms with Crippen LogP contribution >= 0.6 is 0 Å². The monoisotopic (exact) mass is 720 g/mol. The van der Waals surface area contributed by atoms with E-state index in [4.69, 9.17) is 19.4 Å². The van der Waals surface area contributed by atoms with Gasteiger partial charge in [-0.1, -0.05) is 74.5 Å². The van der Waals surface area contributed by atoms with Crippen molar-refractivity contribution >= 4 is 24.0 Å². The first-order valence-corrected chi connectivity index (χ1v) is 17.9. The zero-order valence-electron chi connectivity index (χ0n) is 30.2. The van der Waals surface area contributed by atoms with Gasteiger partial charge in [0.05, 0.1) is 31.6 Å². The van der Waals surface area contributed by atoms with Crippen LogP contribution in [0.15, 0.2) is 73.1 Å². The van der Waals surface area contributed by atoms with Crippen molar-refractivity contribution in [3.8, 4) is 33.6 Å². The third kappa shape index (κ3) is 7.13. The molecular weight excluding hydrogens is 676 g/mol. The number of benzene rings is 2. The summed E-state index contributed by atoms with van der Waals surface area (Å²) >= 11 is 0. The number of rotatable bonds is 10. The van der Waals surface area contributed by atoms with Crippen molar-refractivity contribution in [3.05, 3.63) is 84.7 Å². The molecule has 4 amide bonds. The fourth-order valence-electron chi connectivity index (χ4n) is 7.16. The van der Waals surface area contributed by atoms with Gasteiger partial charge in [0.25, 0.3) is 0 Å². The van der Waals surface area contributed by atoms with Crippen molar-refractivity contribution in [3.63, 3.8) is 0 Å². The molecule has 4 aromatic rings. The number of ether oxygens (including phenoxy) is 2. The Morgan fingerprint density at radius 1 is 0.811 bits per heavy atom. The molecule has 0 unspecified atom stereocenters. The number of nitrogens with zero attached hydrogens (tertiary/aromatic N) is 4. The van der Waals surface area contributed by atoms with E-state index in [1.807, 2.05) is 67.6 Å². The predicted molar refractivity (Wildman–Crippen MR) is 196 cm³/mol. The molecule has 2 aliphatic heterocycles. The van der Waals surface area contributed by atoms with E-state index in [9.17, 15) is 19.2 Å². The third-order valence-corrected chi connectivity index (χ3v) is 10.3. The van der Waals surface area contributed by atoms with Crippen LogP contribution in [0.25, 0.3) is 33.6 Å². The molecule has 1 saturated heterocycles. The maximum absolute atomic E-state index is 13.5. The van der Waals surface area contributed by atoms with Gasteiger partial charge in [-0.2, -0.15) is 0 Å². The lowest BCUT2D eigenvalue weighted by atomic mass is 10.0. The standard InChI is InChI=1S/C39H44N8O6/c1-23(2)32(44-37(50)52-3)35(48)46-19-5-7-30(46)33-40-21-28(42-33)26-13-9-24(10-14-26)25-11-15-27(16-12-25)29-22-41-34(43-29)31-8-6-20-47(31)36(49)39(17-18-39)45-38(51)53-4/h5,7,9-16,21-23,30-32H,6,8,17-20H2,1-4H3,(H,40,42)(H,41,43)(H,44,50)(H,45,51)/t30-,31-,32-/m0/s1. The summed E-state index contributed by atoms with van der Waals surface area (Å²) in [6, 6.07) is 15.0. The molecule has 4 N–H and O–H groups in total. The number of carbonyl (C=O) groups excluding carboxylic acids is 4. The highest BCUT2D eigenvalue weighted by Crippen LogP contribution is 2.42. The van der Waals surface area contributed by atoms with Crippen molar-refractivity contribution in [2.75, 3.05) is 27.3 Å². The summed E-state index contributed by atoms with van der Waals surface area (Å²) in [5.74, 6) is 0.959. The third-order valence-electron chi connectivity index (χ3n) is 10.3. The van der Waals surface area contributed by atoms with E-state index in [1.165, 1.54) is 14.2 Å². The molecule has 1 saturated carbocycles. The van der Waals surface area contributed by atoms with Crippen molar-refractivity contribution < 1.29 is 28.7 Å². The van der Waals surface area contributed by atoms with Gasteiger partial charge in [0, 0.05) is 36.6 Å². The maximum Gasteiger partial charge on any atom is 0.407 e. The van der Waals surface area contributed by atoms with Gasteiger partial charge in [-0.25, -0.2) is 19.6 Å². The molecule has 0 radical (unpaired) electrons. The molecule has 2 aromatic heterocycles. The second-order valence-corrected chi connectivity index (χ2v) is 14.1. The number of carbonyl (C=O) groups is 4. The van der Waals surface area contributed by atoms with Gasteiger partial charge in [0.2, 0.25) is 11.8 Å². The smallest absolute Gasteiger partial charge is 0.407 e. The number of alkyl carbamates (subject to hydrolysis) is 2. The number of amides is 4. The molecule has 14 heteroatoms. The molecular formula is C39H44N8O6. The maximum atomic E-state index is 13.5. The Kier molecular flexibility index (Phi) is 9.78. The fourth-order valence-corrected chi connectivity index (χ4v) is 7.16. The van der Waals surface area contributed by atoms with Gasteiger partial charge in [-0.15, -0.1) is 0 Å². The summed E-state index contributed by atoms with van der Waals surface area (Å²) in [6.45, 7) is 4.79. The molecule has 2 aromatic carbocycles. The number of H-pyrrole nitrogens is 2. The van der Waals surface area contributed by atoms with E-state index < -0.39 is 23.8 Å². The molecule has 14 nitrogen and oxygen atoms in total. The quantitative estimate of drug-likeness (QED) is 0.155. The fraction of sp³-hybridized carbons (Fsp3) is 0.385. The first-order chi connectivity index (χ1) is 25.6. The molecule has 1 aliphatic carbocycles. The number of nitrogens with one attached hydrogen (secondary N) is 4. The molecule has 0 bridgehead atoms. The summed E-state index contributed by atoms with van der Waals surface area (Å²) in [6.07, 6.45) is 9.20. The van der Waals surface area contributed by atoms with Crippen LogP contribution in [0.5, 0.6) is 0 Å². The minimum Gasteiger partial charge on any atom is -0.453 e. The lowest BCUT2D eigenvalue weighted by molar-refractivity contribution is -0.136. The van der Waals surface area contributed by atoms with Crippen LogP contribution < -0.4 is 10.6 Å². The number of methoxy groups -OCH3 is 2. The molecule has 276 valence electrons. The number of hydrogen-bond donors (Lipinski definition) is 4. The Hall–Kier alpha value is -5.92. The molecule has 3 atom stereocenters. The highest BCUT2D eigenvalue weighted by atomic mass is 16.5. The van der Waals surface area contributed by atoms with Gasteiger partial charge in [0.15, 0.2) is 0 Å². The first kappa shape index (κ1) is 35.5. The van der Waals surface area contributed by atoms with Crippen LogP contribution in [-0.4, -0.2) is 92.6 Å². The van der Waals surface area contributed by atoms with Crippen molar-refractivity contribution in [1.82, 2.24) is 40.4 Å². The van der Waals surface area contributed by atoms with Crippen LogP contribution in [0.3, 0.4) is 0 Å². The molecule has 53 heavy (non-hydrogen) atoms. The number of imidazole rings is 2. The largest absolute Gasteiger partial charge is 0.453 e. The lowest BCUT2D eigenvalue weighted by Crippen LogP contribution is -2.51.